The minimum absolute atomic E-state index is 0.0235. The van der Waals surface area contributed by atoms with Crippen molar-refractivity contribution >= 4 is 10.8 Å². The Balaban J connectivity index is 1.30. The van der Waals surface area contributed by atoms with Crippen LogP contribution in [0.1, 0.15) is 41.3 Å². The predicted molar refractivity (Wildman–Crippen MR) is 157 cm³/mol. The largest absolute Gasteiger partial charge is 0.336 e. The van der Waals surface area contributed by atoms with Gasteiger partial charge < -0.3 is 9.88 Å². The van der Waals surface area contributed by atoms with Crippen LogP contribution in [0.15, 0.2) is 104 Å². The summed E-state index contributed by atoms with van der Waals surface area (Å²) >= 11 is 0. The van der Waals surface area contributed by atoms with Crippen molar-refractivity contribution < 1.29 is 0 Å². The van der Waals surface area contributed by atoms with E-state index in [1.54, 1.807) is 0 Å². The topological polar surface area (TPSA) is 56.9 Å². The van der Waals surface area contributed by atoms with Crippen LogP contribution in [-0.2, 0) is 13.6 Å². The minimum Gasteiger partial charge on any atom is -0.336 e. The predicted octanol–water partition coefficient (Wildman–Crippen LogP) is 6.46. The number of imidazole rings is 1. The van der Waals surface area contributed by atoms with Crippen LogP contribution in [-0.4, -0.2) is 33.6 Å². The lowest BCUT2D eigenvalue weighted by molar-refractivity contribution is 0.186. The normalized spacial score (nSPS) is 15.3. The van der Waals surface area contributed by atoms with Crippen molar-refractivity contribution in [3.8, 4) is 17.2 Å². The molecule has 1 saturated heterocycles. The van der Waals surface area contributed by atoms with Crippen LogP contribution in [0, 0.1) is 11.3 Å². The molecule has 1 unspecified atom stereocenters. The van der Waals surface area contributed by atoms with Gasteiger partial charge in [-0.3, -0.25) is 4.90 Å². The summed E-state index contributed by atoms with van der Waals surface area (Å²) in [6, 6.07) is 34.5. The lowest BCUT2D eigenvalue weighted by Gasteiger charge is -2.35. The van der Waals surface area contributed by atoms with Crippen molar-refractivity contribution in [2.75, 3.05) is 13.1 Å². The number of benzene rings is 4. The lowest BCUT2D eigenvalue weighted by Crippen LogP contribution is -2.43. The van der Waals surface area contributed by atoms with E-state index >= 15 is 0 Å². The average molecular weight is 512 g/mol. The molecule has 1 aromatic heterocycles. The molecule has 39 heavy (non-hydrogen) atoms. The summed E-state index contributed by atoms with van der Waals surface area (Å²) in [6.45, 7) is 3.14. The molecule has 5 aromatic rings. The van der Waals surface area contributed by atoms with E-state index in [1.807, 2.05) is 18.6 Å². The van der Waals surface area contributed by atoms with Crippen LogP contribution in [0.25, 0.3) is 21.9 Å². The maximum Gasteiger partial charge on any atom is 0.0998 e. The van der Waals surface area contributed by atoms with Gasteiger partial charge >= 0.3 is 0 Å². The molecule has 2 heterocycles. The molecule has 1 fully saturated rings. The van der Waals surface area contributed by atoms with Crippen molar-refractivity contribution in [3.63, 3.8) is 0 Å². The van der Waals surface area contributed by atoms with Crippen LogP contribution in [0.4, 0.5) is 0 Å². The Bertz CT molecular complexity index is 1600. The number of aromatic nitrogens is 2. The summed E-state index contributed by atoms with van der Waals surface area (Å²) in [5, 5.41) is 16.3. The number of hydrogen-bond donors (Lipinski definition) is 1. The number of hydrogen-bond acceptors (Lipinski definition) is 4. The number of piperidine rings is 1. The number of nitrogens with zero attached hydrogens (tertiary/aromatic N) is 4. The molecule has 5 nitrogen and oxygen atoms in total. The highest BCUT2D eigenvalue weighted by molar-refractivity contribution is 5.97. The van der Waals surface area contributed by atoms with E-state index in [0.29, 0.717) is 11.6 Å². The Kier molecular flexibility index (Phi) is 7.23. The van der Waals surface area contributed by atoms with Crippen LogP contribution in [0.5, 0.6) is 0 Å². The summed E-state index contributed by atoms with van der Waals surface area (Å²) in [7, 11) is 2.05. The fraction of sp³-hybridized carbons (Fsp3) is 0.235. The Hall–Kier alpha value is -4.24. The Morgan fingerprint density at radius 1 is 0.923 bits per heavy atom. The first-order chi connectivity index (χ1) is 19.2. The first kappa shape index (κ1) is 25.1. The molecule has 4 aromatic carbocycles. The van der Waals surface area contributed by atoms with Crippen LogP contribution >= 0.6 is 0 Å². The van der Waals surface area contributed by atoms with Gasteiger partial charge in [-0.2, -0.15) is 5.26 Å². The molecule has 0 saturated carbocycles. The van der Waals surface area contributed by atoms with Gasteiger partial charge in [0.25, 0.3) is 0 Å². The number of rotatable bonds is 7. The molecule has 1 aliphatic rings. The van der Waals surface area contributed by atoms with Crippen LogP contribution in [0.3, 0.4) is 0 Å². The first-order valence-electron chi connectivity index (χ1n) is 13.7. The Labute approximate surface area is 230 Å². The van der Waals surface area contributed by atoms with E-state index in [4.69, 9.17) is 0 Å². The third-order valence-corrected chi connectivity index (χ3v) is 7.97. The Morgan fingerprint density at radius 3 is 2.46 bits per heavy atom. The molecule has 0 aliphatic carbocycles. The van der Waals surface area contributed by atoms with Crippen LogP contribution in [0.2, 0.25) is 0 Å². The minimum atomic E-state index is -0.0235. The maximum atomic E-state index is 10.0. The standard InChI is InChI=1S/C34H33N5/c1-38-24-36-22-33(38)34(37-29-16-18-39(19-17-29)23-25-8-3-2-4-9-25)27-14-15-28(21-35)32(20-27)31-13-7-11-26-10-5-6-12-30(26)31/h2-15,20,22,24,29,34,37H,16-19,23H2,1H3. The monoisotopic (exact) mass is 511 g/mol. The highest BCUT2D eigenvalue weighted by Crippen LogP contribution is 2.34. The van der Waals surface area contributed by atoms with Gasteiger partial charge in [-0.05, 0) is 65.5 Å². The van der Waals surface area contributed by atoms with Gasteiger partial charge in [0.2, 0.25) is 0 Å². The van der Waals surface area contributed by atoms with Gasteiger partial charge in [-0.15, -0.1) is 0 Å². The number of fused-ring (bicyclic) bond motifs is 1. The summed E-state index contributed by atoms with van der Waals surface area (Å²) < 4.78 is 2.10. The summed E-state index contributed by atoms with van der Waals surface area (Å²) in [4.78, 5) is 6.99. The molecular weight excluding hydrogens is 478 g/mol. The molecule has 0 amide bonds. The lowest BCUT2D eigenvalue weighted by atomic mass is 9.91. The molecule has 1 atom stereocenters. The summed E-state index contributed by atoms with van der Waals surface area (Å²) in [5.41, 5.74) is 6.38. The highest BCUT2D eigenvalue weighted by atomic mass is 15.1. The van der Waals surface area contributed by atoms with Gasteiger partial charge in [-0.1, -0.05) is 78.9 Å². The fourth-order valence-electron chi connectivity index (χ4n) is 5.86. The zero-order chi connectivity index (χ0) is 26.6. The zero-order valence-corrected chi connectivity index (χ0v) is 22.3. The van der Waals surface area contributed by atoms with Crippen LogP contribution < -0.4 is 5.32 Å². The van der Waals surface area contributed by atoms with Gasteiger partial charge in [0.05, 0.1) is 35.9 Å². The number of nitrogens with one attached hydrogen (secondary N) is 1. The SMILES string of the molecule is Cn1cncc1C(NC1CCN(Cc2ccccc2)CC1)c1ccc(C#N)c(-c2cccc3ccccc23)c1. The van der Waals surface area contributed by atoms with E-state index in [2.05, 4.69) is 118 Å². The van der Waals surface area contributed by atoms with Gasteiger partial charge in [0, 0.05) is 25.2 Å². The molecule has 6 rings (SSSR count). The third-order valence-electron chi connectivity index (χ3n) is 7.97. The van der Waals surface area contributed by atoms with Crippen molar-refractivity contribution in [3.05, 3.63) is 126 Å². The molecule has 1 aliphatic heterocycles. The van der Waals surface area contributed by atoms with Gasteiger partial charge in [0.15, 0.2) is 0 Å². The van der Waals surface area contributed by atoms with Crippen molar-refractivity contribution in [2.45, 2.75) is 31.5 Å². The van der Waals surface area contributed by atoms with Crippen molar-refractivity contribution in [2.24, 2.45) is 7.05 Å². The fourth-order valence-corrected chi connectivity index (χ4v) is 5.86. The quantitative estimate of drug-likeness (QED) is 0.273. The van der Waals surface area contributed by atoms with E-state index in [0.717, 1.165) is 60.2 Å². The number of aryl methyl sites for hydroxylation is 1. The van der Waals surface area contributed by atoms with E-state index in [9.17, 15) is 5.26 Å². The molecule has 5 heteroatoms. The van der Waals surface area contributed by atoms with Crippen molar-refractivity contribution in [1.82, 2.24) is 19.8 Å². The highest BCUT2D eigenvalue weighted by Gasteiger charge is 2.26. The van der Waals surface area contributed by atoms with Crippen molar-refractivity contribution in [1.29, 1.82) is 5.26 Å². The second-order valence-electron chi connectivity index (χ2n) is 10.5. The molecule has 0 radical (unpaired) electrons. The first-order valence-corrected chi connectivity index (χ1v) is 13.7. The summed E-state index contributed by atoms with van der Waals surface area (Å²) in [5.74, 6) is 0. The van der Waals surface area contributed by atoms with E-state index in [1.165, 1.54) is 10.9 Å². The van der Waals surface area contributed by atoms with E-state index in [-0.39, 0.29) is 6.04 Å². The number of likely N-dealkylation sites (tertiary alicyclic amines) is 1. The molecule has 0 spiro atoms. The molecular formula is C34H33N5. The Morgan fingerprint density at radius 2 is 1.69 bits per heavy atom. The number of nitriles is 1. The van der Waals surface area contributed by atoms with Gasteiger partial charge in [-0.25, -0.2) is 4.98 Å². The van der Waals surface area contributed by atoms with E-state index < -0.39 is 0 Å². The maximum absolute atomic E-state index is 10.0. The molecule has 0 bridgehead atoms. The zero-order valence-electron chi connectivity index (χ0n) is 22.3. The second kappa shape index (κ2) is 11.2. The summed E-state index contributed by atoms with van der Waals surface area (Å²) in [6.07, 6.45) is 6.00. The third kappa shape index (κ3) is 5.35. The molecule has 194 valence electrons. The molecule has 1 N–H and O–H groups in total. The smallest absolute Gasteiger partial charge is 0.0998 e. The van der Waals surface area contributed by atoms with Gasteiger partial charge in [0.1, 0.15) is 0 Å². The second-order valence-corrected chi connectivity index (χ2v) is 10.5. The average Bonchev–Trinajstić information content (AvgIpc) is 3.42.